The van der Waals surface area contributed by atoms with Crippen molar-refractivity contribution in [3.63, 3.8) is 0 Å². The largest absolute Gasteiger partial charge is 0.356 e. The van der Waals surface area contributed by atoms with Crippen molar-refractivity contribution in [2.75, 3.05) is 13.1 Å². The minimum atomic E-state index is 0.221. The summed E-state index contributed by atoms with van der Waals surface area (Å²) in [5.41, 5.74) is 0. The van der Waals surface area contributed by atoms with Gasteiger partial charge in [-0.2, -0.15) is 0 Å². The fourth-order valence-corrected chi connectivity index (χ4v) is 2.92. The van der Waals surface area contributed by atoms with E-state index in [4.69, 9.17) is 0 Å². The van der Waals surface area contributed by atoms with Crippen LogP contribution >= 0.6 is 0 Å². The van der Waals surface area contributed by atoms with Crippen molar-refractivity contribution < 1.29 is 4.79 Å². The van der Waals surface area contributed by atoms with Crippen molar-refractivity contribution >= 4 is 5.91 Å². The van der Waals surface area contributed by atoms with Crippen molar-refractivity contribution in [2.45, 2.75) is 78.2 Å². The third-order valence-electron chi connectivity index (χ3n) is 4.37. The Labute approximate surface area is 125 Å². The van der Waals surface area contributed by atoms with Crippen LogP contribution in [0.25, 0.3) is 0 Å². The van der Waals surface area contributed by atoms with Gasteiger partial charge in [0, 0.05) is 19.0 Å². The maximum absolute atomic E-state index is 11.9. The number of rotatable bonds is 9. The average Bonchev–Trinajstić information content (AvgIpc) is 2.40. The van der Waals surface area contributed by atoms with Crippen LogP contribution in [0.5, 0.6) is 0 Å². The normalized spacial score (nSPS) is 23.0. The summed E-state index contributed by atoms with van der Waals surface area (Å²) in [5, 5.41) is 6.54. The molecule has 0 radical (unpaired) electrons. The number of hydrogen-bond acceptors (Lipinski definition) is 2. The fourth-order valence-electron chi connectivity index (χ4n) is 2.92. The van der Waals surface area contributed by atoms with Crippen molar-refractivity contribution in [3.05, 3.63) is 0 Å². The zero-order valence-electron chi connectivity index (χ0n) is 13.7. The minimum Gasteiger partial charge on any atom is -0.356 e. The first kappa shape index (κ1) is 17.5. The van der Waals surface area contributed by atoms with Crippen LogP contribution in [0.2, 0.25) is 0 Å². The Balaban J connectivity index is 1.97. The highest BCUT2D eigenvalue weighted by molar-refractivity contribution is 5.76. The van der Waals surface area contributed by atoms with Gasteiger partial charge in [0.05, 0.1) is 0 Å². The van der Waals surface area contributed by atoms with Gasteiger partial charge in [-0.1, -0.05) is 46.5 Å². The van der Waals surface area contributed by atoms with E-state index in [2.05, 4.69) is 31.4 Å². The van der Waals surface area contributed by atoms with E-state index < -0.39 is 0 Å². The Kier molecular flexibility index (Phi) is 8.92. The van der Waals surface area contributed by atoms with Crippen LogP contribution < -0.4 is 10.6 Å². The van der Waals surface area contributed by atoms with E-state index >= 15 is 0 Å². The molecule has 1 heterocycles. The molecule has 0 aromatic heterocycles. The molecule has 1 aliphatic rings. The molecule has 118 valence electrons. The smallest absolute Gasteiger partial charge is 0.221 e. The Hall–Kier alpha value is -0.570. The lowest BCUT2D eigenvalue weighted by Crippen LogP contribution is -2.43. The maximum atomic E-state index is 11.9. The molecule has 1 rings (SSSR count). The number of piperidine rings is 1. The van der Waals surface area contributed by atoms with Gasteiger partial charge in [-0.25, -0.2) is 0 Å². The van der Waals surface area contributed by atoms with Crippen molar-refractivity contribution in [1.82, 2.24) is 10.6 Å². The summed E-state index contributed by atoms with van der Waals surface area (Å²) >= 11 is 0. The molecule has 0 aliphatic carbocycles. The summed E-state index contributed by atoms with van der Waals surface area (Å²) in [5.74, 6) is 1.67. The molecule has 20 heavy (non-hydrogen) atoms. The predicted molar refractivity (Wildman–Crippen MR) is 85.7 cm³/mol. The summed E-state index contributed by atoms with van der Waals surface area (Å²) in [6.45, 7) is 8.72. The summed E-state index contributed by atoms with van der Waals surface area (Å²) in [7, 11) is 0. The van der Waals surface area contributed by atoms with Crippen LogP contribution in [0.3, 0.4) is 0 Å². The van der Waals surface area contributed by atoms with Gasteiger partial charge >= 0.3 is 0 Å². The highest BCUT2D eigenvalue weighted by Crippen LogP contribution is 2.17. The quantitative estimate of drug-likeness (QED) is 0.636. The Morgan fingerprint density at radius 2 is 2.00 bits per heavy atom. The molecular formula is C17H34N2O. The minimum absolute atomic E-state index is 0.221. The van der Waals surface area contributed by atoms with Gasteiger partial charge < -0.3 is 10.6 Å². The first-order valence-corrected chi connectivity index (χ1v) is 8.59. The number of amides is 1. The molecule has 1 aliphatic heterocycles. The topological polar surface area (TPSA) is 41.1 Å². The monoisotopic (exact) mass is 282 g/mol. The third kappa shape index (κ3) is 7.88. The lowest BCUT2D eigenvalue weighted by atomic mass is 9.90. The van der Waals surface area contributed by atoms with E-state index in [1.54, 1.807) is 0 Å². The van der Waals surface area contributed by atoms with Gasteiger partial charge in [-0.3, -0.25) is 4.79 Å². The van der Waals surface area contributed by atoms with Crippen molar-refractivity contribution in [2.24, 2.45) is 11.8 Å². The number of carbonyl (C=O) groups excluding carboxylic acids is 1. The molecule has 1 amide bonds. The van der Waals surface area contributed by atoms with Gasteiger partial charge in [0.25, 0.3) is 0 Å². The van der Waals surface area contributed by atoms with E-state index in [9.17, 15) is 4.79 Å². The van der Waals surface area contributed by atoms with E-state index in [0.717, 1.165) is 25.4 Å². The van der Waals surface area contributed by atoms with Crippen LogP contribution in [0.4, 0.5) is 0 Å². The first-order chi connectivity index (χ1) is 9.59. The van der Waals surface area contributed by atoms with Crippen LogP contribution in [0, 0.1) is 11.8 Å². The molecule has 0 aromatic carbocycles. The molecule has 0 spiro atoms. The maximum Gasteiger partial charge on any atom is 0.221 e. The summed E-state index contributed by atoms with van der Waals surface area (Å²) in [6.07, 6.45) is 9.47. The number of carbonyl (C=O) groups is 1. The first-order valence-electron chi connectivity index (χ1n) is 8.59. The Morgan fingerprint density at radius 1 is 1.25 bits per heavy atom. The van der Waals surface area contributed by atoms with Crippen LogP contribution in [0.1, 0.15) is 72.1 Å². The highest BCUT2D eigenvalue weighted by Gasteiger charge is 2.22. The molecule has 0 aromatic rings. The predicted octanol–water partition coefficient (Wildman–Crippen LogP) is 3.49. The molecule has 2 atom stereocenters. The Bertz CT molecular complexity index is 266. The van der Waals surface area contributed by atoms with Crippen LogP contribution in [-0.2, 0) is 4.79 Å². The van der Waals surface area contributed by atoms with Gasteiger partial charge in [0.15, 0.2) is 0 Å². The van der Waals surface area contributed by atoms with E-state index in [1.807, 2.05) is 0 Å². The SMILES string of the molecule is CC(C)CCCCCCNC(=O)CC1NCCCC1C. The lowest BCUT2D eigenvalue weighted by molar-refractivity contribution is -0.122. The molecule has 3 heteroatoms. The molecule has 2 N–H and O–H groups in total. The molecule has 0 saturated carbocycles. The molecule has 1 saturated heterocycles. The summed E-state index contributed by atoms with van der Waals surface area (Å²) in [6, 6.07) is 0.384. The van der Waals surface area contributed by atoms with Crippen LogP contribution in [-0.4, -0.2) is 25.0 Å². The standard InChI is InChI=1S/C17H34N2O/c1-14(2)9-6-4-5-7-11-19-17(20)13-16-15(3)10-8-12-18-16/h14-16,18H,4-13H2,1-3H3,(H,19,20). The third-order valence-corrected chi connectivity index (χ3v) is 4.37. The summed E-state index contributed by atoms with van der Waals surface area (Å²) < 4.78 is 0. The lowest BCUT2D eigenvalue weighted by Gasteiger charge is -2.29. The number of hydrogen-bond donors (Lipinski definition) is 2. The van der Waals surface area contributed by atoms with Gasteiger partial charge in [0.2, 0.25) is 5.91 Å². The number of unbranched alkanes of at least 4 members (excludes halogenated alkanes) is 3. The van der Waals surface area contributed by atoms with Crippen molar-refractivity contribution in [1.29, 1.82) is 0 Å². The Morgan fingerprint density at radius 3 is 2.70 bits per heavy atom. The molecule has 0 bridgehead atoms. The second kappa shape index (κ2) is 10.2. The van der Waals surface area contributed by atoms with E-state index in [-0.39, 0.29) is 5.91 Å². The molecule has 1 fully saturated rings. The molecule has 3 nitrogen and oxygen atoms in total. The van der Waals surface area contributed by atoms with E-state index in [0.29, 0.717) is 18.4 Å². The zero-order chi connectivity index (χ0) is 14.8. The number of nitrogens with one attached hydrogen (secondary N) is 2. The van der Waals surface area contributed by atoms with Gasteiger partial charge in [-0.15, -0.1) is 0 Å². The van der Waals surface area contributed by atoms with E-state index in [1.165, 1.54) is 38.5 Å². The van der Waals surface area contributed by atoms with Gasteiger partial charge in [-0.05, 0) is 37.6 Å². The fraction of sp³-hybridized carbons (Fsp3) is 0.941. The second-order valence-electron chi connectivity index (χ2n) is 6.83. The average molecular weight is 282 g/mol. The molecular weight excluding hydrogens is 248 g/mol. The highest BCUT2D eigenvalue weighted by atomic mass is 16.1. The summed E-state index contributed by atoms with van der Waals surface area (Å²) in [4.78, 5) is 11.9. The van der Waals surface area contributed by atoms with Gasteiger partial charge in [0.1, 0.15) is 0 Å². The van der Waals surface area contributed by atoms with Crippen molar-refractivity contribution in [3.8, 4) is 0 Å². The molecule has 2 unspecified atom stereocenters. The second-order valence-corrected chi connectivity index (χ2v) is 6.83. The van der Waals surface area contributed by atoms with Crippen LogP contribution in [0.15, 0.2) is 0 Å². The zero-order valence-corrected chi connectivity index (χ0v) is 13.7.